The van der Waals surface area contributed by atoms with Crippen LogP contribution in [-0.2, 0) is 16.0 Å². The van der Waals surface area contributed by atoms with Crippen molar-refractivity contribution in [2.75, 3.05) is 18.1 Å². The lowest BCUT2D eigenvalue weighted by atomic mass is 9.88. The summed E-state index contributed by atoms with van der Waals surface area (Å²) in [5.74, 6) is -0.546. The maximum Gasteiger partial charge on any atom is 0.236 e. The van der Waals surface area contributed by atoms with Crippen LogP contribution in [0, 0.1) is 5.82 Å². The molecule has 32 heavy (non-hydrogen) atoms. The van der Waals surface area contributed by atoms with Gasteiger partial charge in [0.15, 0.2) is 0 Å². The lowest BCUT2D eigenvalue weighted by molar-refractivity contribution is -0.230. The highest BCUT2D eigenvalue weighted by Gasteiger charge is 2.43. The van der Waals surface area contributed by atoms with Crippen LogP contribution in [0.1, 0.15) is 29.9 Å². The van der Waals surface area contributed by atoms with Gasteiger partial charge < -0.3 is 30.1 Å². The molecular weight excluding hydrogens is 417 g/mol. The van der Waals surface area contributed by atoms with E-state index in [1.807, 2.05) is 24.3 Å². The predicted octanol–water partition coefficient (Wildman–Crippen LogP) is 1.12. The van der Waals surface area contributed by atoms with Gasteiger partial charge in [-0.1, -0.05) is 24.3 Å². The summed E-state index contributed by atoms with van der Waals surface area (Å²) in [6.07, 6.45) is -3.56. The minimum atomic E-state index is -1.35. The fraction of sp³-hybridized carbons (Fsp3) is 0.458. The topological polar surface area (TPSA) is 110 Å². The van der Waals surface area contributed by atoms with E-state index in [0.29, 0.717) is 25.1 Å². The highest BCUT2D eigenvalue weighted by atomic mass is 19.1. The quantitative estimate of drug-likeness (QED) is 0.476. The number of aliphatic hydroxyl groups excluding tert-OH is 4. The standard InChI is InChI=1S/C24H28FNO6/c25-16-8-10-17(11-9-16)26-12-18(24(26)31)15-6-4-14(5-7-15)2-1-3-19-21(28)23(30)22(29)20(13-27)32-19/h4-11,18-23,27-30H,1-3,12-13H2/t18?,19-,20+,21-,22+,23+/m0/s1. The number of nitrogens with zero attached hydrogens (tertiary/aromatic N) is 1. The number of halogens is 1. The number of amides is 1. The zero-order valence-electron chi connectivity index (χ0n) is 17.5. The number of anilines is 1. The van der Waals surface area contributed by atoms with Gasteiger partial charge in [-0.15, -0.1) is 0 Å². The van der Waals surface area contributed by atoms with Crippen LogP contribution in [0.25, 0.3) is 0 Å². The molecule has 172 valence electrons. The summed E-state index contributed by atoms with van der Waals surface area (Å²) in [5.41, 5.74) is 2.70. The Morgan fingerprint density at radius 2 is 1.59 bits per heavy atom. The first-order valence-electron chi connectivity index (χ1n) is 10.9. The maximum absolute atomic E-state index is 13.1. The number of ether oxygens (including phenoxy) is 1. The van der Waals surface area contributed by atoms with Gasteiger partial charge in [-0.2, -0.15) is 0 Å². The molecule has 0 aromatic heterocycles. The monoisotopic (exact) mass is 445 g/mol. The molecule has 1 amide bonds. The predicted molar refractivity (Wildman–Crippen MR) is 115 cm³/mol. The molecule has 0 bridgehead atoms. The van der Waals surface area contributed by atoms with Crippen molar-refractivity contribution in [2.24, 2.45) is 0 Å². The molecule has 0 radical (unpaired) electrons. The molecule has 4 rings (SSSR count). The van der Waals surface area contributed by atoms with Gasteiger partial charge in [0.1, 0.15) is 30.2 Å². The zero-order valence-corrected chi connectivity index (χ0v) is 17.5. The van der Waals surface area contributed by atoms with E-state index in [4.69, 9.17) is 4.74 Å². The Morgan fingerprint density at radius 3 is 2.22 bits per heavy atom. The van der Waals surface area contributed by atoms with Crippen LogP contribution in [0.2, 0.25) is 0 Å². The number of benzene rings is 2. The Hall–Kier alpha value is -2.36. The number of aliphatic hydroxyl groups is 4. The number of rotatable bonds is 7. The summed E-state index contributed by atoms with van der Waals surface area (Å²) in [7, 11) is 0. The number of β-lactam (4-membered cyclic amide) rings is 1. The van der Waals surface area contributed by atoms with Crippen molar-refractivity contribution < 1.29 is 34.3 Å². The molecule has 0 spiro atoms. The van der Waals surface area contributed by atoms with Crippen LogP contribution in [0.5, 0.6) is 0 Å². The van der Waals surface area contributed by atoms with Gasteiger partial charge in [0.05, 0.1) is 18.6 Å². The molecule has 2 heterocycles. The minimum Gasteiger partial charge on any atom is -0.394 e. The molecule has 2 aliphatic rings. The van der Waals surface area contributed by atoms with Crippen LogP contribution in [-0.4, -0.2) is 70.0 Å². The van der Waals surface area contributed by atoms with Crippen LogP contribution >= 0.6 is 0 Å². The van der Waals surface area contributed by atoms with Crippen molar-refractivity contribution in [1.29, 1.82) is 0 Å². The fourth-order valence-electron chi connectivity index (χ4n) is 4.37. The van der Waals surface area contributed by atoms with E-state index in [-0.39, 0.29) is 17.6 Å². The van der Waals surface area contributed by atoms with Gasteiger partial charge in [-0.25, -0.2) is 4.39 Å². The van der Waals surface area contributed by atoms with Crippen LogP contribution in [0.15, 0.2) is 48.5 Å². The minimum absolute atomic E-state index is 0.00743. The van der Waals surface area contributed by atoms with Crippen LogP contribution in [0.3, 0.4) is 0 Å². The Labute approximate surface area is 185 Å². The summed E-state index contributed by atoms with van der Waals surface area (Å²) < 4.78 is 18.6. The van der Waals surface area contributed by atoms with E-state index < -0.39 is 37.1 Å². The van der Waals surface area contributed by atoms with Gasteiger partial charge in [-0.05, 0) is 54.7 Å². The molecule has 4 N–H and O–H groups in total. The largest absolute Gasteiger partial charge is 0.394 e. The summed E-state index contributed by atoms with van der Waals surface area (Å²) in [4.78, 5) is 14.2. The molecule has 2 fully saturated rings. The zero-order chi connectivity index (χ0) is 22.8. The molecule has 7 nitrogen and oxygen atoms in total. The molecular formula is C24H28FNO6. The molecule has 6 atom stereocenters. The molecule has 2 aromatic rings. The number of carbonyl (C=O) groups is 1. The van der Waals surface area contributed by atoms with Gasteiger partial charge in [0.25, 0.3) is 0 Å². The third kappa shape index (κ3) is 4.55. The molecule has 1 unspecified atom stereocenters. The molecule has 8 heteroatoms. The van der Waals surface area contributed by atoms with Crippen molar-refractivity contribution in [3.8, 4) is 0 Å². The Balaban J connectivity index is 1.27. The lowest BCUT2D eigenvalue weighted by Crippen LogP contribution is -2.58. The van der Waals surface area contributed by atoms with E-state index in [2.05, 4.69) is 0 Å². The number of hydrogen-bond acceptors (Lipinski definition) is 6. The van der Waals surface area contributed by atoms with Crippen LogP contribution in [0.4, 0.5) is 10.1 Å². The smallest absolute Gasteiger partial charge is 0.236 e. The Kier molecular flexibility index (Phi) is 6.88. The molecule has 2 aliphatic heterocycles. The third-order valence-corrected chi connectivity index (χ3v) is 6.39. The van der Waals surface area contributed by atoms with E-state index in [1.165, 1.54) is 12.1 Å². The summed E-state index contributed by atoms with van der Waals surface area (Å²) in [6.45, 7) is 0.127. The highest BCUT2D eigenvalue weighted by molar-refractivity contribution is 6.04. The average Bonchev–Trinajstić information content (AvgIpc) is 2.80. The van der Waals surface area contributed by atoms with Crippen molar-refractivity contribution in [2.45, 2.75) is 55.7 Å². The number of aryl methyl sites for hydroxylation is 1. The van der Waals surface area contributed by atoms with Crippen molar-refractivity contribution in [3.63, 3.8) is 0 Å². The number of hydrogen-bond donors (Lipinski definition) is 4. The summed E-state index contributed by atoms with van der Waals surface area (Å²) in [6, 6.07) is 13.7. The van der Waals surface area contributed by atoms with Crippen molar-refractivity contribution in [3.05, 3.63) is 65.5 Å². The molecule has 0 saturated carbocycles. The van der Waals surface area contributed by atoms with Gasteiger partial charge in [-0.3, -0.25) is 4.79 Å². The van der Waals surface area contributed by atoms with Gasteiger partial charge >= 0.3 is 0 Å². The number of carbonyl (C=O) groups excluding carboxylic acids is 1. The van der Waals surface area contributed by atoms with E-state index in [9.17, 15) is 29.6 Å². The van der Waals surface area contributed by atoms with Gasteiger partial charge in [0, 0.05) is 12.2 Å². The first-order chi connectivity index (χ1) is 15.4. The lowest BCUT2D eigenvalue weighted by Gasteiger charge is -2.40. The molecule has 2 saturated heterocycles. The average molecular weight is 445 g/mol. The second-order valence-corrected chi connectivity index (χ2v) is 8.48. The van der Waals surface area contributed by atoms with E-state index in [1.54, 1.807) is 17.0 Å². The Bertz CT molecular complexity index is 919. The molecule has 2 aromatic carbocycles. The normalized spacial score (nSPS) is 30.3. The van der Waals surface area contributed by atoms with Crippen molar-refractivity contribution >= 4 is 11.6 Å². The Morgan fingerprint density at radius 1 is 0.938 bits per heavy atom. The first-order valence-corrected chi connectivity index (χ1v) is 10.9. The highest BCUT2D eigenvalue weighted by Crippen LogP contribution is 2.33. The second kappa shape index (κ2) is 9.64. The summed E-state index contributed by atoms with van der Waals surface area (Å²) >= 11 is 0. The summed E-state index contributed by atoms with van der Waals surface area (Å²) in [5, 5.41) is 39.1. The molecule has 0 aliphatic carbocycles. The second-order valence-electron chi connectivity index (χ2n) is 8.48. The fourth-order valence-corrected chi connectivity index (χ4v) is 4.37. The van der Waals surface area contributed by atoms with E-state index >= 15 is 0 Å². The maximum atomic E-state index is 13.1. The third-order valence-electron chi connectivity index (χ3n) is 6.39. The SMILES string of the molecule is O=C1C(c2ccc(CCC[C@@H]3O[C@H](CO)[C@@H](O)[C@H](O)[C@H]3O)cc2)CN1c1ccc(F)cc1. The first kappa shape index (κ1) is 22.8. The van der Waals surface area contributed by atoms with Crippen molar-refractivity contribution in [1.82, 2.24) is 0 Å². The van der Waals surface area contributed by atoms with Gasteiger partial charge in [0.2, 0.25) is 5.91 Å². The van der Waals surface area contributed by atoms with E-state index in [0.717, 1.165) is 17.5 Å². The van der Waals surface area contributed by atoms with Crippen LogP contribution < -0.4 is 4.90 Å².